The van der Waals surface area contributed by atoms with Crippen LogP contribution < -0.4 is 10.6 Å². The normalized spacial score (nSPS) is 12.9. The molecule has 2 aromatic carbocycles. The minimum atomic E-state index is -1.50. The summed E-state index contributed by atoms with van der Waals surface area (Å²) >= 11 is 1.25. The van der Waals surface area contributed by atoms with Gasteiger partial charge in [0.05, 0.1) is 0 Å². The zero-order valence-corrected chi connectivity index (χ0v) is 19.6. The number of rotatable bonds is 10. The number of aliphatic hydroxyl groups is 1. The number of nitrogens with one attached hydrogen (secondary N) is 2. The first-order valence-corrected chi connectivity index (χ1v) is 12.0. The third-order valence-corrected chi connectivity index (χ3v) is 6.70. The number of aromatic nitrogens is 1. The van der Waals surface area contributed by atoms with Crippen molar-refractivity contribution in [2.24, 2.45) is 0 Å². The van der Waals surface area contributed by atoms with Crippen LogP contribution in [0, 0.1) is 0 Å². The fourth-order valence-corrected chi connectivity index (χ4v) is 4.80. The summed E-state index contributed by atoms with van der Waals surface area (Å²) in [5.74, 6) is -1.61. The van der Waals surface area contributed by atoms with E-state index in [4.69, 9.17) is 9.84 Å². The predicted molar refractivity (Wildman–Crippen MR) is 130 cm³/mol. The van der Waals surface area contributed by atoms with Crippen LogP contribution in [0.5, 0.6) is 0 Å². The molecule has 4 N–H and O–H groups in total. The monoisotopic (exact) mass is 495 g/mol. The number of carboxylic acid groups (broad SMARTS) is 1. The van der Waals surface area contributed by atoms with Crippen LogP contribution in [0.3, 0.4) is 0 Å². The van der Waals surface area contributed by atoms with E-state index in [1.807, 2.05) is 24.3 Å². The van der Waals surface area contributed by atoms with Crippen molar-refractivity contribution in [3.63, 3.8) is 0 Å². The molecule has 9 nitrogen and oxygen atoms in total. The van der Waals surface area contributed by atoms with Crippen LogP contribution in [-0.2, 0) is 20.7 Å². The molecule has 4 rings (SSSR count). The van der Waals surface area contributed by atoms with Gasteiger partial charge >= 0.3 is 12.1 Å². The number of fused-ring (bicyclic) bond motifs is 3. The summed E-state index contributed by atoms with van der Waals surface area (Å²) in [6.45, 7) is 0.276. The summed E-state index contributed by atoms with van der Waals surface area (Å²) in [6.07, 6.45) is 0.0274. The molecule has 1 aromatic heterocycles. The largest absolute Gasteiger partial charge is 0.479 e. The number of hydrogen-bond acceptors (Lipinski definition) is 7. The van der Waals surface area contributed by atoms with E-state index in [2.05, 4.69) is 39.9 Å². The van der Waals surface area contributed by atoms with E-state index in [1.165, 1.54) is 11.3 Å². The van der Waals surface area contributed by atoms with Crippen molar-refractivity contribution in [3.8, 4) is 11.1 Å². The van der Waals surface area contributed by atoms with Crippen LogP contribution in [0.15, 0.2) is 54.7 Å². The Balaban J connectivity index is 1.23. The zero-order valence-electron chi connectivity index (χ0n) is 18.8. The first-order chi connectivity index (χ1) is 16.9. The van der Waals surface area contributed by atoms with E-state index in [0.29, 0.717) is 11.6 Å². The molecule has 1 atom stereocenters. The summed E-state index contributed by atoms with van der Waals surface area (Å²) in [5.41, 5.74) is 4.58. The van der Waals surface area contributed by atoms with Crippen LogP contribution in [0.4, 0.5) is 9.93 Å². The van der Waals surface area contributed by atoms with E-state index in [9.17, 15) is 19.5 Å². The van der Waals surface area contributed by atoms with Crippen molar-refractivity contribution in [3.05, 3.63) is 70.7 Å². The number of carboxylic acids is 1. The quantitative estimate of drug-likeness (QED) is 0.338. The smallest absolute Gasteiger partial charge is 0.413 e. The number of thiazole rings is 1. The van der Waals surface area contributed by atoms with Crippen molar-refractivity contribution in [2.75, 3.05) is 18.5 Å². The van der Waals surface area contributed by atoms with Crippen LogP contribution in [0.1, 0.15) is 34.8 Å². The second-order valence-corrected chi connectivity index (χ2v) is 9.19. The van der Waals surface area contributed by atoms with Crippen molar-refractivity contribution >= 4 is 34.4 Å². The molecular formula is C25H25N3O6S. The molecule has 1 aliphatic rings. The molecule has 1 heterocycles. The average molecular weight is 496 g/mol. The second kappa shape index (κ2) is 11.1. The Morgan fingerprint density at radius 1 is 1.06 bits per heavy atom. The number of aryl methyl sites for hydroxylation is 1. The highest BCUT2D eigenvalue weighted by molar-refractivity contribution is 7.15. The highest BCUT2D eigenvalue weighted by atomic mass is 32.1. The number of benzene rings is 2. The Hall–Kier alpha value is -3.76. The van der Waals surface area contributed by atoms with Crippen LogP contribution in [0.25, 0.3) is 11.1 Å². The molecular weight excluding hydrogens is 470 g/mol. The molecule has 35 heavy (non-hydrogen) atoms. The SMILES string of the molecule is O=C(CCc1cnc(NC(=O)OCC2c3ccccc3-c3ccccc32)s1)NCC[C@H](O)C(=O)O. The molecule has 0 radical (unpaired) electrons. The molecule has 0 aliphatic heterocycles. The molecule has 1 aliphatic carbocycles. The van der Waals surface area contributed by atoms with Gasteiger partial charge in [-0.3, -0.25) is 10.1 Å². The van der Waals surface area contributed by atoms with E-state index in [-0.39, 0.29) is 37.8 Å². The van der Waals surface area contributed by atoms with Gasteiger partial charge in [0.25, 0.3) is 0 Å². The number of hydrogen-bond donors (Lipinski definition) is 4. The molecule has 10 heteroatoms. The number of ether oxygens (including phenoxy) is 1. The number of anilines is 1. The number of aliphatic carboxylic acids is 1. The van der Waals surface area contributed by atoms with Gasteiger partial charge in [-0.25, -0.2) is 14.6 Å². The van der Waals surface area contributed by atoms with Crippen LogP contribution >= 0.6 is 11.3 Å². The molecule has 2 amide bonds. The van der Waals surface area contributed by atoms with E-state index in [1.54, 1.807) is 6.20 Å². The van der Waals surface area contributed by atoms with Gasteiger partial charge in [0.2, 0.25) is 5.91 Å². The summed E-state index contributed by atoms with van der Waals surface area (Å²) in [5, 5.41) is 23.4. The molecule has 182 valence electrons. The fourth-order valence-electron chi connectivity index (χ4n) is 4.00. The van der Waals surface area contributed by atoms with Crippen LogP contribution in [-0.4, -0.2) is 52.4 Å². The van der Waals surface area contributed by atoms with Gasteiger partial charge in [0.15, 0.2) is 11.2 Å². The van der Waals surface area contributed by atoms with Gasteiger partial charge in [-0.1, -0.05) is 48.5 Å². The molecule has 0 unspecified atom stereocenters. The Bertz CT molecular complexity index is 1180. The van der Waals surface area contributed by atoms with Crippen molar-refractivity contribution in [2.45, 2.75) is 31.3 Å². The topological polar surface area (TPSA) is 138 Å². The highest BCUT2D eigenvalue weighted by Gasteiger charge is 2.29. The Labute approximate surface area is 205 Å². The maximum Gasteiger partial charge on any atom is 0.413 e. The second-order valence-electron chi connectivity index (χ2n) is 8.07. The highest BCUT2D eigenvalue weighted by Crippen LogP contribution is 2.44. The van der Waals surface area contributed by atoms with E-state index < -0.39 is 18.2 Å². The number of carbonyl (C=O) groups is 3. The van der Waals surface area contributed by atoms with Crippen molar-refractivity contribution < 1.29 is 29.3 Å². The predicted octanol–water partition coefficient (Wildman–Crippen LogP) is 3.39. The van der Waals surface area contributed by atoms with Crippen LogP contribution in [0.2, 0.25) is 0 Å². The Morgan fingerprint density at radius 3 is 2.37 bits per heavy atom. The van der Waals surface area contributed by atoms with E-state index >= 15 is 0 Å². The lowest BCUT2D eigenvalue weighted by Gasteiger charge is -2.14. The molecule has 0 bridgehead atoms. The fraction of sp³-hybridized carbons (Fsp3) is 0.280. The van der Waals surface area contributed by atoms with Crippen molar-refractivity contribution in [1.29, 1.82) is 0 Å². The Morgan fingerprint density at radius 2 is 1.71 bits per heavy atom. The molecule has 0 spiro atoms. The number of aliphatic hydroxyl groups excluding tert-OH is 1. The minimum Gasteiger partial charge on any atom is -0.479 e. The maximum absolute atomic E-state index is 12.4. The summed E-state index contributed by atoms with van der Waals surface area (Å²) in [6, 6.07) is 16.2. The lowest BCUT2D eigenvalue weighted by molar-refractivity contribution is -0.147. The Kier molecular flexibility index (Phi) is 7.74. The molecule has 0 saturated heterocycles. The number of nitrogens with zero attached hydrogens (tertiary/aromatic N) is 1. The zero-order chi connectivity index (χ0) is 24.8. The third kappa shape index (κ3) is 6.03. The summed E-state index contributed by atoms with van der Waals surface area (Å²) in [7, 11) is 0. The van der Waals surface area contributed by atoms with Gasteiger partial charge in [0.1, 0.15) is 6.61 Å². The first kappa shape index (κ1) is 24.4. The summed E-state index contributed by atoms with van der Waals surface area (Å²) < 4.78 is 5.52. The van der Waals surface area contributed by atoms with Gasteiger partial charge in [-0.2, -0.15) is 0 Å². The molecule has 3 aromatic rings. The lowest BCUT2D eigenvalue weighted by Crippen LogP contribution is -2.30. The van der Waals surface area contributed by atoms with Gasteiger partial charge in [0, 0.05) is 36.4 Å². The minimum absolute atomic E-state index is 0.0323. The number of amides is 2. The average Bonchev–Trinajstić information content (AvgIpc) is 3.43. The first-order valence-electron chi connectivity index (χ1n) is 11.2. The lowest BCUT2D eigenvalue weighted by atomic mass is 9.98. The third-order valence-electron chi connectivity index (χ3n) is 5.73. The molecule has 0 saturated carbocycles. The van der Waals surface area contributed by atoms with Gasteiger partial charge in [-0.05, 0) is 28.7 Å². The standard InChI is InChI=1S/C25H25N3O6S/c29-21(23(31)32)11-12-26-22(30)10-9-15-13-27-24(35-15)28-25(33)34-14-20-18-7-3-1-5-16(18)17-6-2-4-8-19(17)20/h1-8,13,20-21,29H,9-12,14H2,(H,26,30)(H,31,32)(H,27,28,33)/t21-/m0/s1. The van der Waals surface area contributed by atoms with Crippen molar-refractivity contribution in [1.82, 2.24) is 10.3 Å². The van der Waals surface area contributed by atoms with Gasteiger partial charge < -0.3 is 20.3 Å². The number of carbonyl (C=O) groups excluding carboxylic acids is 2. The maximum atomic E-state index is 12.4. The van der Waals surface area contributed by atoms with E-state index in [0.717, 1.165) is 27.1 Å². The molecule has 0 fully saturated rings. The van der Waals surface area contributed by atoms with Gasteiger partial charge in [-0.15, -0.1) is 11.3 Å². The summed E-state index contributed by atoms with van der Waals surface area (Å²) in [4.78, 5) is 39.8.